The number of benzene rings is 2. The van der Waals surface area contributed by atoms with Crippen LogP contribution in [0.15, 0.2) is 54.6 Å². The fraction of sp³-hybridized carbons (Fsp3) is 0.514. The van der Waals surface area contributed by atoms with E-state index in [1.54, 1.807) is 12.1 Å². The molecule has 4 rings (SSSR count). The van der Waals surface area contributed by atoms with Crippen LogP contribution in [0.1, 0.15) is 51.2 Å². The number of fused-ring (bicyclic) bond motifs is 1. The van der Waals surface area contributed by atoms with Crippen molar-refractivity contribution in [1.29, 1.82) is 0 Å². The van der Waals surface area contributed by atoms with Gasteiger partial charge in [0.2, 0.25) is 35.4 Å². The van der Waals surface area contributed by atoms with Crippen molar-refractivity contribution in [2.45, 2.75) is 83.1 Å². The largest absolute Gasteiger partial charge is 0.508 e. The summed E-state index contributed by atoms with van der Waals surface area (Å²) in [6, 6.07) is 10.5. The van der Waals surface area contributed by atoms with E-state index in [0.29, 0.717) is 31.4 Å². The average molecular weight is 691 g/mol. The topological polar surface area (TPSA) is 160 Å². The van der Waals surface area contributed by atoms with Crippen molar-refractivity contribution >= 4 is 35.4 Å². The molecule has 2 saturated heterocycles. The molecular formula is C37H50N6O7. The minimum Gasteiger partial charge on any atom is -0.508 e. The fourth-order valence-corrected chi connectivity index (χ4v) is 6.61. The third-order valence-corrected chi connectivity index (χ3v) is 9.54. The Hall–Kier alpha value is -4.94. The monoisotopic (exact) mass is 690 g/mol. The van der Waals surface area contributed by atoms with E-state index in [2.05, 4.69) is 10.6 Å². The Balaban J connectivity index is 1.74. The van der Waals surface area contributed by atoms with Crippen LogP contribution in [0.4, 0.5) is 0 Å². The maximum Gasteiger partial charge on any atom is 0.245 e. The maximum absolute atomic E-state index is 14.3. The Kier molecular flexibility index (Phi) is 12.6. The van der Waals surface area contributed by atoms with Crippen LogP contribution in [-0.2, 0) is 41.6 Å². The molecule has 2 aliphatic rings. The van der Waals surface area contributed by atoms with Crippen LogP contribution in [0, 0.1) is 5.92 Å². The van der Waals surface area contributed by atoms with E-state index in [4.69, 9.17) is 0 Å². The molecule has 0 saturated carbocycles. The molecule has 0 bridgehead atoms. The Labute approximate surface area is 294 Å². The first-order valence-corrected chi connectivity index (χ1v) is 17.2. The first-order valence-electron chi connectivity index (χ1n) is 17.2. The van der Waals surface area contributed by atoms with Crippen LogP contribution in [0.2, 0.25) is 0 Å². The van der Waals surface area contributed by atoms with Crippen LogP contribution in [0.3, 0.4) is 0 Å². The lowest BCUT2D eigenvalue weighted by Gasteiger charge is -2.36. The summed E-state index contributed by atoms with van der Waals surface area (Å²) in [5, 5.41) is 15.4. The highest BCUT2D eigenvalue weighted by Gasteiger charge is 2.42. The van der Waals surface area contributed by atoms with Crippen molar-refractivity contribution in [2.24, 2.45) is 5.92 Å². The van der Waals surface area contributed by atoms with E-state index in [-0.39, 0.29) is 31.1 Å². The van der Waals surface area contributed by atoms with E-state index in [1.165, 1.54) is 59.8 Å². The average Bonchev–Trinajstić information content (AvgIpc) is 3.58. The molecule has 0 spiro atoms. The predicted octanol–water partition coefficient (Wildman–Crippen LogP) is 1.33. The van der Waals surface area contributed by atoms with Gasteiger partial charge in [0, 0.05) is 40.5 Å². The second-order valence-corrected chi connectivity index (χ2v) is 13.9. The molecule has 0 radical (unpaired) electrons. The lowest BCUT2D eigenvalue weighted by atomic mass is 9.99. The summed E-state index contributed by atoms with van der Waals surface area (Å²) in [6.07, 6.45) is 1.47. The summed E-state index contributed by atoms with van der Waals surface area (Å²) in [6.45, 7) is 5.30. The summed E-state index contributed by atoms with van der Waals surface area (Å²) < 4.78 is 0. The van der Waals surface area contributed by atoms with Crippen molar-refractivity contribution in [2.75, 3.05) is 34.2 Å². The quantitative estimate of drug-likeness (QED) is 0.413. The molecule has 2 aromatic carbocycles. The van der Waals surface area contributed by atoms with Gasteiger partial charge in [-0.25, -0.2) is 0 Å². The molecule has 2 aliphatic heterocycles. The zero-order chi connectivity index (χ0) is 36.7. The van der Waals surface area contributed by atoms with Gasteiger partial charge in [-0.3, -0.25) is 28.8 Å². The van der Waals surface area contributed by atoms with Gasteiger partial charge in [-0.1, -0.05) is 56.3 Å². The predicted molar refractivity (Wildman–Crippen MR) is 186 cm³/mol. The smallest absolute Gasteiger partial charge is 0.245 e. The van der Waals surface area contributed by atoms with Gasteiger partial charge in [-0.2, -0.15) is 0 Å². The van der Waals surface area contributed by atoms with Gasteiger partial charge in [-0.15, -0.1) is 0 Å². The van der Waals surface area contributed by atoms with Gasteiger partial charge >= 0.3 is 0 Å². The summed E-state index contributed by atoms with van der Waals surface area (Å²) in [5.41, 5.74) is 1.47. The number of carbonyl (C=O) groups is 6. The lowest BCUT2D eigenvalue weighted by molar-refractivity contribution is -0.150. The minimum atomic E-state index is -1.07. The SMILES string of the molecule is CC(C)C[C@@H]1NC(=O)[C@H](Cc2ccccc2)N(C)C(=O)CN(C)C(=O)[C@H](C)NC(=O)[C@H](Cc2ccc(O)cc2)N(C)C(=O)[C@H]2CCCN2C1=O. The summed E-state index contributed by atoms with van der Waals surface area (Å²) in [4.78, 5) is 88.8. The second-order valence-electron chi connectivity index (χ2n) is 13.9. The normalized spacial score (nSPS) is 25.0. The minimum absolute atomic E-state index is 0.00788. The Morgan fingerprint density at radius 3 is 1.96 bits per heavy atom. The summed E-state index contributed by atoms with van der Waals surface area (Å²) >= 11 is 0. The molecule has 6 amide bonds. The van der Waals surface area contributed by atoms with Crippen LogP contribution < -0.4 is 10.6 Å². The number of aromatic hydroxyl groups is 1. The summed E-state index contributed by atoms with van der Waals surface area (Å²) in [5.74, 6) is -2.93. The molecule has 2 aromatic rings. The number of likely N-dealkylation sites (N-methyl/N-ethyl adjacent to an activating group) is 3. The van der Waals surface area contributed by atoms with Gasteiger partial charge in [0.1, 0.15) is 36.0 Å². The molecule has 0 aromatic heterocycles. The molecule has 3 N–H and O–H groups in total. The Morgan fingerprint density at radius 1 is 0.760 bits per heavy atom. The Bertz CT molecular complexity index is 1550. The van der Waals surface area contributed by atoms with Crippen molar-refractivity contribution in [3.63, 3.8) is 0 Å². The molecule has 270 valence electrons. The number of nitrogens with one attached hydrogen (secondary N) is 2. The van der Waals surface area contributed by atoms with Crippen LogP contribution in [0.5, 0.6) is 5.75 Å². The number of amides is 6. The van der Waals surface area contributed by atoms with Crippen molar-refractivity contribution in [1.82, 2.24) is 30.2 Å². The van der Waals surface area contributed by atoms with Crippen LogP contribution in [-0.4, -0.2) is 125 Å². The maximum atomic E-state index is 14.3. The molecule has 5 atom stereocenters. The van der Waals surface area contributed by atoms with E-state index < -0.39 is 65.7 Å². The van der Waals surface area contributed by atoms with Crippen LogP contribution >= 0.6 is 0 Å². The first-order chi connectivity index (χ1) is 23.7. The Morgan fingerprint density at radius 2 is 1.34 bits per heavy atom. The lowest BCUT2D eigenvalue weighted by Crippen LogP contribution is -2.60. The zero-order valence-electron chi connectivity index (χ0n) is 29.8. The van der Waals surface area contributed by atoms with E-state index in [0.717, 1.165) is 5.56 Å². The second kappa shape index (κ2) is 16.6. The molecule has 13 nitrogen and oxygen atoms in total. The van der Waals surface area contributed by atoms with Crippen molar-refractivity contribution in [3.8, 4) is 5.75 Å². The van der Waals surface area contributed by atoms with Gasteiger partial charge in [0.05, 0.1) is 6.54 Å². The molecular weight excluding hydrogens is 640 g/mol. The number of nitrogens with zero attached hydrogens (tertiary/aromatic N) is 4. The van der Waals surface area contributed by atoms with E-state index in [9.17, 15) is 33.9 Å². The first kappa shape index (κ1) is 37.9. The highest BCUT2D eigenvalue weighted by Crippen LogP contribution is 2.24. The van der Waals surface area contributed by atoms with Crippen molar-refractivity contribution < 1.29 is 33.9 Å². The van der Waals surface area contributed by atoms with Gasteiger partial charge in [-0.05, 0) is 55.4 Å². The number of hydrogen-bond acceptors (Lipinski definition) is 7. The van der Waals surface area contributed by atoms with E-state index >= 15 is 0 Å². The number of phenolic OH excluding ortho intramolecular Hbond substituents is 1. The van der Waals surface area contributed by atoms with Gasteiger partial charge in [0.25, 0.3) is 0 Å². The molecule has 50 heavy (non-hydrogen) atoms. The van der Waals surface area contributed by atoms with Gasteiger partial charge in [0.15, 0.2) is 0 Å². The third kappa shape index (κ3) is 9.19. The molecule has 2 heterocycles. The summed E-state index contributed by atoms with van der Waals surface area (Å²) in [7, 11) is 4.44. The molecule has 2 fully saturated rings. The van der Waals surface area contributed by atoms with Crippen LogP contribution in [0.25, 0.3) is 0 Å². The zero-order valence-corrected chi connectivity index (χ0v) is 29.8. The highest BCUT2D eigenvalue weighted by molar-refractivity contribution is 5.97. The van der Waals surface area contributed by atoms with Crippen molar-refractivity contribution in [3.05, 3.63) is 65.7 Å². The number of carbonyl (C=O) groups excluding carboxylic acids is 6. The fourth-order valence-electron chi connectivity index (χ4n) is 6.61. The molecule has 13 heteroatoms. The standard InChI is InChI=1S/C37H50N6O7/c1-23(2)19-28-36(49)43-18-10-13-29(43)37(50)42(6)31(21-26-14-16-27(44)17-15-26)33(46)38-24(3)35(48)40(4)22-32(45)41(5)30(34(47)39-28)20-25-11-8-7-9-12-25/h7-9,11-12,14-17,23-24,28-31,44H,10,13,18-22H2,1-6H3,(H,38,46)(H,39,47)/t24-,28-,29+,30-,31-/m0/s1. The number of phenols is 1. The number of rotatable bonds is 6. The highest BCUT2D eigenvalue weighted by atomic mass is 16.3. The molecule has 0 unspecified atom stereocenters. The number of hydrogen-bond donors (Lipinski definition) is 3. The van der Waals surface area contributed by atoms with E-state index in [1.807, 2.05) is 44.2 Å². The molecule has 0 aliphatic carbocycles. The van der Waals surface area contributed by atoms with Gasteiger partial charge < -0.3 is 35.3 Å². The third-order valence-electron chi connectivity index (χ3n) is 9.54.